The van der Waals surface area contributed by atoms with Crippen LogP contribution in [-0.4, -0.2) is 0 Å². The van der Waals surface area contributed by atoms with Crippen LogP contribution >= 0.6 is 15.9 Å². The molecule has 3 rings (SSSR count). The van der Waals surface area contributed by atoms with Crippen LogP contribution in [0.3, 0.4) is 0 Å². The molecule has 0 spiro atoms. The van der Waals surface area contributed by atoms with Crippen molar-refractivity contribution in [2.24, 2.45) is 5.73 Å². The van der Waals surface area contributed by atoms with Gasteiger partial charge in [-0.1, -0.05) is 52.3 Å². The van der Waals surface area contributed by atoms with Crippen LogP contribution in [0, 0.1) is 6.92 Å². The van der Waals surface area contributed by atoms with Crippen molar-refractivity contribution in [3.05, 3.63) is 69.9 Å². The molecular weight excluding hydrogens is 302 g/mol. The molecule has 0 amide bonds. The Labute approximate surface area is 120 Å². The minimum atomic E-state index is -0.262. The fraction of sp³-hybridized carbons (Fsp3) is 0.125. The van der Waals surface area contributed by atoms with Gasteiger partial charge in [0.2, 0.25) is 0 Å². The van der Waals surface area contributed by atoms with Crippen LogP contribution in [0.4, 0.5) is 0 Å². The number of hydrogen-bond acceptors (Lipinski definition) is 2. The Morgan fingerprint density at radius 3 is 2.63 bits per heavy atom. The maximum atomic E-state index is 6.31. The van der Waals surface area contributed by atoms with Crippen molar-refractivity contribution in [3.8, 4) is 0 Å². The van der Waals surface area contributed by atoms with E-state index in [1.165, 1.54) is 0 Å². The van der Waals surface area contributed by atoms with Gasteiger partial charge in [-0.25, -0.2) is 0 Å². The molecule has 1 heterocycles. The number of para-hydroxylation sites is 1. The van der Waals surface area contributed by atoms with E-state index in [1.807, 2.05) is 55.5 Å². The second kappa shape index (κ2) is 4.83. The number of fused-ring (bicyclic) bond motifs is 1. The Bertz CT molecular complexity index is 732. The van der Waals surface area contributed by atoms with E-state index in [1.54, 1.807) is 0 Å². The second-order valence-electron chi connectivity index (χ2n) is 4.64. The molecule has 0 fully saturated rings. The number of benzene rings is 2. The summed E-state index contributed by atoms with van der Waals surface area (Å²) >= 11 is 3.53. The molecule has 2 N–H and O–H groups in total. The van der Waals surface area contributed by atoms with Crippen molar-refractivity contribution >= 4 is 26.9 Å². The molecule has 0 radical (unpaired) electrons. The third-order valence-corrected chi connectivity index (χ3v) is 4.03. The quantitative estimate of drug-likeness (QED) is 0.753. The number of nitrogens with two attached hydrogens (primary N) is 1. The molecule has 0 saturated heterocycles. The smallest absolute Gasteiger partial charge is 0.137 e. The molecule has 19 heavy (non-hydrogen) atoms. The van der Waals surface area contributed by atoms with Crippen molar-refractivity contribution < 1.29 is 4.42 Å². The van der Waals surface area contributed by atoms with Crippen LogP contribution in [0.1, 0.15) is 22.9 Å². The van der Waals surface area contributed by atoms with E-state index in [0.717, 1.165) is 32.3 Å². The van der Waals surface area contributed by atoms with Crippen molar-refractivity contribution in [2.75, 3.05) is 0 Å². The molecule has 96 valence electrons. The van der Waals surface area contributed by atoms with Crippen molar-refractivity contribution in [3.63, 3.8) is 0 Å². The first-order valence-electron chi connectivity index (χ1n) is 6.16. The van der Waals surface area contributed by atoms with Crippen LogP contribution in [0.5, 0.6) is 0 Å². The van der Waals surface area contributed by atoms with Gasteiger partial charge in [-0.15, -0.1) is 0 Å². The summed E-state index contributed by atoms with van der Waals surface area (Å²) in [5.74, 6) is 0.788. The van der Waals surface area contributed by atoms with Gasteiger partial charge in [0.15, 0.2) is 0 Å². The van der Waals surface area contributed by atoms with Gasteiger partial charge >= 0.3 is 0 Å². The third-order valence-electron chi connectivity index (χ3n) is 3.31. The largest absolute Gasteiger partial charge is 0.459 e. The number of furan rings is 1. The fourth-order valence-electron chi connectivity index (χ4n) is 2.26. The summed E-state index contributed by atoms with van der Waals surface area (Å²) in [6, 6.07) is 15.8. The molecule has 1 aromatic heterocycles. The maximum Gasteiger partial charge on any atom is 0.137 e. The predicted octanol–water partition coefficient (Wildman–Crippen LogP) is 4.55. The van der Waals surface area contributed by atoms with Gasteiger partial charge in [-0.05, 0) is 30.2 Å². The Morgan fingerprint density at radius 2 is 1.89 bits per heavy atom. The van der Waals surface area contributed by atoms with Gasteiger partial charge in [0.1, 0.15) is 11.3 Å². The predicted molar refractivity (Wildman–Crippen MR) is 81.1 cm³/mol. The van der Waals surface area contributed by atoms with Crippen molar-refractivity contribution in [2.45, 2.75) is 13.0 Å². The lowest BCUT2D eigenvalue weighted by molar-refractivity contribution is 0.523. The maximum absolute atomic E-state index is 6.31. The molecule has 0 saturated carbocycles. The molecule has 2 nitrogen and oxygen atoms in total. The Kier molecular flexibility index (Phi) is 3.17. The van der Waals surface area contributed by atoms with E-state index >= 15 is 0 Å². The fourth-order valence-corrected chi connectivity index (χ4v) is 2.79. The molecule has 0 aliphatic heterocycles. The summed E-state index contributed by atoms with van der Waals surface area (Å²) in [7, 11) is 0. The zero-order valence-electron chi connectivity index (χ0n) is 10.6. The van der Waals surface area contributed by atoms with E-state index in [4.69, 9.17) is 10.2 Å². The molecule has 0 bridgehead atoms. The van der Waals surface area contributed by atoms with Gasteiger partial charge in [0.05, 0.1) is 6.04 Å². The number of hydrogen-bond donors (Lipinski definition) is 1. The van der Waals surface area contributed by atoms with E-state index < -0.39 is 0 Å². The summed E-state index contributed by atoms with van der Waals surface area (Å²) in [4.78, 5) is 0. The molecule has 0 aliphatic rings. The summed E-state index contributed by atoms with van der Waals surface area (Å²) in [6.45, 7) is 2.04. The zero-order chi connectivity index (χ0) is 13.4. The minimum absolute atomic E-state index is 0.262. The summed E-state index contributed by atoms with van der Waals surface area (Å²) in [5, 5.41) is 1.09. The van der Waals surface area contributed by atoms with Crippen molar-refractivity contribution in [1.82, 2.24) is 0 Å². The van der Waals surface area contributed by atoms with Crippen LogP contribution in [0.2, 0.25) is 0 Å². The number of aryl methyl sites for hydroxylation is 1. The molecule has 1 unspecified atom stereocenters. The zero-order valence-corrected chi connectivity index (χ0v) is 12.1. The highest BCUT2D eigenvalue weighted by atomic mass is 79.9. The summed E-state index contributed by atoms with van der Waals surface area (Å²) < 4.78 is 6.92. The molecular formula is C16H14BrNO. The average Bonchev–Trinajstić information content (AvgIpc) is 2.84. The summed E-state index contributed by atoms with van der Waals surface area (Å²) in [5.41, 5.74) is 9.38. The Hall–Kier alpha value is -1.58. The first-order chi connectivity index (χ1) is 9.16. The lowest BCUT2D eigenvalue weighted by Crippen LogP contribution is -2.11. The van der Waals surface area contributed by atoms with Crippen LogP contribution in [0.25, 0.3) is 11.0 Å². The van der Waals surface area contributed by atoms with Gasteiger partial charge in [-0.3, -0.25) is 0 Å². The van der Waals surface area contributed by atoms with E-state index in [-0.39, 0.29) is 6.04 Å². The lowest BCUT2D eigenvalue weighted by Gasteiger charge is -2.10. The van der Waals surface area contributed by atoms with Crippen LogP contribution in [-0.2, 0) is 0 Å². The van der Waals surface area contributed by atoms with Crippen LogP contribution in [0.15, 0.2) is 57.4 Å². The summed E-state index contributed by atoms with van der Waals surface area (Å²) in [6.07, 6.45) is 0. The monoisotopic (exact) mass is 315 g/mol. The topological polar surface area (TPSA) is 39.2 Å². The van der Waals surface area contributed by atoms with Crippen LogP contribution < -0.4 is 5.73 Å². The van der Waals surface area contributed by atoms with E-state index in [0.29, 0.717) is 0 Å². The molecule has 2 aromatic carbocycles. The standard InChI is InChI=1S/C16H14BrNO/c1-10-5-4-6-11-9-14(19-16(10)11)15(18)12-7-2-3-8-13(12)17/h2-9,15H,18H2,1H3. The minimum Gasteiger partial charge on any atom is -0.459 e. The first kappa shape index (κ1) is 12.5. The van der Waals surface area contributed by atoms with Gasteiger partial charge < -0.3 is 10.2 Å². The Morgan fingerprint density at radius 1 is 1.11 bits per heavy atom. The number of halogens is 1. The van der Waals surface area contributed by atoms with Gasteiger partial charge in [0.25, 0.3) is 0 Å². The first-order valence-corrected chi connectivity index (χ1v) is 6.95. The normalized spacial score (nSPS) is 12.8. The highest BCUT2D eigenvalue weighted by molar-refractivity contribution is 9.10. The second-order valence-corrected chi connectivity index (χ2v) is 5.50. The van der Waals surface area contributed by atoms with Crippen molar-refractivity contribution in [1.29, 1.82) is 0 Å². The molecule has 0 aliphatic carbocycles. The van der Waals surface area contributed by atoms with E-state index in [2.05, 4.69) is 15.9 Å². The third kappa shape index (κ3) is 2.20. The molecule has 3 heteroatoms. The highest BCUT2D eigenvalue weighted by Gasteiger charge is 2.16. The molecule has 3 aromatic rings. The number of rotatable bonds is 2. The Balaban J connectivity index is 2.10. The lowest BCUT2D eigenvalue weighted by atomic mass is 10.1. The van der Waals surface area contributed by atoms with Gasteiger partial charge in [-0.2, -0.15) is 0 Å². The average molecular weight is 316 g/mol. The van der Waals surface area contributed by atoms with E-state index in [9.17, 15) is 0 Å². The SMILES string of the molecule is Cc1cccc2cc(C(N)c3ccccc3Br)oc12. The highest BCUT2D eigenvalue weighted by Crippen LogP contribution is 2.31. The molecule has 1 atom stereocenters. The van der Waals surface area contributed by atoms with Gasteiger partial charge in [0, 0.05) is 9.86 Å².